The maximum atomic E-state index is 12.5. The van der Waals surface area contributed by atoms with E-state index < -0.39 is 11.7 Å². The number of hydrogen-bond acceptors (Lipinski definition) is 1. The Hall–Kier alpha value is -1.93. The molecule has 0 heterocycles. The van der Waals surface area contributed by atoms with Crippen molar-refractivity contribution in [3.05, 3.63) is 70.8 Å². The summed E-state index contributed by atoms with van der Waals surface area (Å²) in [6.07, 6.45) is -2.68. The van der Waals surface area contributed by atoms with Gasteiger partial charge in [0.05, 0.1) is 10.9 Å². The zero-order chi connectivity index (χ0) is 15.5. The van der Waals surface area contributed by atoms with Crippen LogP contribution in [0.4, 0.5) is 13.2 Å². The van der Waals surface area contributed by atoms with Crippen molar-refractivity contribution >= 4 is 19.9 Å². The van der Waals surface area contributed by atoms with Gasteiger partial charge < -0.3 is 0 Å². The topological polar surface area (TPSA) is 17.1 Å². The Morgan fingerprint density at radius 2 is 1.57 bits per heavy atom. The lowest BCUT2D eigenvalue weighted by atomic mass is 10.1. The summed E-state index contributed by atoms with van der Waals surface area (Å²) in [4.78, 5) is 0. The average molecular weight is 308 g/mol. The van der Waals surface area contributed by atoms with E-state index in [0.29, 0.717) is 10.9 Å². The van der Waals surface area contributed by atoms with Gasteiger partial charge in [0.2, 0.25) is 0 Å². The molecule has 0 aliphatic rings. The molecule has 2 aromatic rings. The van der Waals surface area contributed by atoms with Crippen molar-refractivity contribution in [1.29, 1.82) is 0 Å². The summed E-state index contributed by atoms with van der Waals surface area (Å²) < 4.78 is 48.8. The van der Waals surface area contributed by atoms with E-state index in [-0.39, 0.29) is 8.46 Å². The average Bonchev–Trinajstić information content (AvgIpc) is 2.46. The second kappa shape index (κ2) is 6.23. The standard InChI is InChI=1S/C16H12F3OP/c1-11-2-4-12(5-3-11)10-15(21-20)13-6-8-14(9-7-13)16(17,18)19/h2-10H,1H3. The smallest absolute Gasteiger partial charge is 0.269 e. The number of halogens is 3. The fraction of sp³-hybridized carbons (Fsp3) is 0.125. The van der Waals surface area contributed by atoms with E-state index in [1.165, 1.54) is 12.1 Å². The molecule has 0 aromatic heterocycles. The fourth-order valence-electron chi connectivity index (χ4n) is 1.81. The van der Waals surface area contributed by atoms with E-state index in [4.69, 9.17) is 0 Å². The van der Waals surface area contributed by atoms with Gasteiger partial charge in [0, 0.05) is 0 Å². The highest BCUT2D eigenvalue weighted by Crippen LogP contribution is 2.33. The summed E-state index contributed by atoms with van der Waals surface area (Å²) in [6.45, 7) is 1.95. The number of aryl methyl sites for hydroxylation is 1. The van der Waals surface area contributed by atoms with E-state index in [1.54, 1.807) is 6.08 Å². The van der Waals surface area contributed by atoms with Gasteiger partial charge in [0.15, 0.2) is 8.46 Å². The van der Waals surface area contributed by atoms with Crippen LogP contribution in [0.2, 0.25) is 0 Å². The van der Waals surface area contributed by atoms with Gasteiger partial charge in [-0.3, -0.25) is 4.57 Å². The van der Waals surface area contributed by atoms with Crippen LogP contribution in [0.1, 0.15) is 22.3 Å². The Morgan fingerprint density at radius 3 is 2.05 bits per heavy atom. The van der Waals surface area contributed by atoms with Crippen LogP contribution < -0.4 is 0 Å². The second-order valence-corrected chi connectivity index (χ2v) is 5.27. The van der Waals surface area contributed by atoms with Crippen molar-refractivity contribution in [2.24, 2.45) is 0 Å². The molecule has 0 unspecified atom stereocenters. The molecule has 0 amide bonds. The summed E-state index contributed by atoms with van der Waals surface area (Å²) in [5, 5.41) is 0.438. The number of alkyl halides is 3. The zero-order valence-corrected chi connectivity index (χ0v) is 12.1. The molecule has 0 aliphatic carbocycles. The Morgan fingerprint density at radius 1 is 1.00 bits per heavy atom. The highest BCUT2D eigenvalue weighted by atomic mass is 31.1. The highest BCUT2D eigenvalue weighted by Gasteiger charge is 2.30. The first-order valence-electron chi connectivity index (χ1n) is 6.19. The summed E-state index contributed by atoms with van der Waals surface area (Å²) in [5.74, 6) is 0. The molecule has 2 rings (SSSR count). The predicted molar refractivity (Wildman–Crippen MR) is 78.1 cm³/mol. The minimum atomic E-state index is -4.37. The van der Waals surface area contributed by atoms with Crippen LogP contribution in [0.25, 0.3) is 11.4 Å². The lowest BCUT2D eigenvalue weighted by Gasteiger charge is -2.07. The lowest BCUT2D eigenvalue weighted by molar-refractivity contribution is -0.137. The van der Waals surface area contributed by atoms with Gasteiger partial charge in [-0.1, -0.05) is 42.0 Å². The summed E-state index contributed by atoms with van der Waals surface area (Å²) in [5.41, 5.74) is 1.73. The largest absolute Gasteiger partial charge is 0.416 e. The lowest BCUT2D eigenvalue weighted by Crippen LogP contribution is -2.04. The molecule has 0 spiro atoms. The predicted octanol–water partition coefficient (Wildman–Crippen LogP) is 5.80. The molecular weight excluding hydrogens is 296 g/mol. The van der Waals surface area contributed by atoms with Gasteiger partial charge in [-0.15, -0.1) is 0 Å². The zero-order valence-electron chi connectivity index (χ0n) is 11.2. The third kappa shape index (κ3) is 4.02. The summed E-state index contributed by atoms with van der Waals surface area (Å²) in [7, 11) is -0.236. The third-order valence-corrected chi connectivity index (χ3v) is 3.57. The van der Waals surface area contributed by atoms with Gasteiger partial charge in [0.25, 0.3) is 0 Å². The maximum Gasteiger partial charge on any atom is 0.416 e. The summed E-state index contributed by atoms with van der Waals surface area (Å²) in [6, 6.07) is 12.2. The Balaban J connectivity index is 2.33. The Kier molecular flexibility index (Phi) is 4.59. The number of benzene rings is 2. The van der Waals surface area contributed by atoms with E-state index in [0.717, 1.165) is 23.3 Å². The summed E-state index contributed by atoms with van der Waals surface area (Å²) >= 11 is 0. The Bertz CT molecular complexity index is 655. The maximum absolute atomic E-state index is 12.5. The van der Waals surface area contributed by atoms with E-state index in [1.807, 2.05) is 31.2 Å². The molecule has 0 bridgehead atoms. The first-order chi connectivity index (χ1) is 9.90. The monoisotopic (exact) mass is 308 g/mol. The van der Waals surface area contributed by atoms with Crippen LogP contribution >= 0.6 is 8.46 Å². The fourth-order valence-corrected chi connectivity index (χ4v) is 2.27. The first-order valence-corrected chi connectivity index (χ1v) is 7.01. The molecule has 0 fully saturated rings. The van der Waals surface area contributed by atoms with Gasteiger partial charge in [0.1, 0.15) is 0 Å². The van der Waals surface area contributed by atoms with Gasteiger partial charge in [-0.2, -0.15) is 13.2 Å². The van der Waals surface area contributed by atoms with E-state index >= 15 is 0 Å². The van der Waals surface area contributed by atoms with Crippen LogP contribution in [0, 0.1) is 6.92 Å². The van der Waals surface area contributed by atoms with Gasteiger partial charge in [-0.05, 0) is 36.3 Å². The van der Waals surface area contributed by atoms with Crippen LogP contribution in [-0.2, 0) is 10.7 Å². The third-order valence-electron chi connectivity index (χ3n) is 2.99. The first kappa shape index (κ1) is 15.5. The van der Waals surface area contributed by atoms with Crippen molar-refractivity contribution in [2.45, 2.75) is 13.1 Å². The molecule has 0 radical (unpaired) electrons. The molecular formula is C16H12F3OP. The number of hydrogen-bond donors (Lipinski definition) is 0. The second-order valence-electron chi connectivity index (χ2n) is 4.61. The van der Waals surface area contributed by atoms with Crippen LogP contribution in [0.5, 0.6) is 0 Å². The van der Waals surface area contributed by atoms with Gasteiger partial charge in [-0.25, -0.2) is 0 Å². The van der Waals surface area contributed by atoms with Gasteiger partial charge >= 0.3 is 6.18 Å². The van der Waals surface area contributed by atoms with Crippen molar-refractivity contribution in [3.63, 3.8) is 0 Å². The minimum Gasteiger partial charge on any atom is -0.269 e. The van der Waals surface area contributed by atoms with Crippen LogP contribution in [-0.4, -0.2) is 0 Å². The van der Waals surface area contributed by atoms with Crippen molar-refractivity contribution in [2.75, 3.05) is 0 Å². The molecule has 2 aromatic carbocycles. The molecule has 0 saturated carbocycles. The van der Waals surface area contributed by atoms with E-state index in [9.17, 15) is 17.7 Å². The van der Waals surface area contributed by atoms with Crippen molar-refractivity contribution < 1.29 is 17.7 Å². The number of rotatable bonds is 3. The van der Waals surface area contributed by atoms with Crippen LogP contribution in [0.15, 0.2) is 48.5 Å². The molecule has 108 valence electrons. The van der Waals surface area contributed by atoms with Crippen LogP contribution in [0.3, 0.4) is 0 Å². The molecule has 0 saturated heterocycles. The molecule has 5 heteroatoms. The normalized spacial score (nSPS) is 12.7. The SMILES string of the molecule is Cc1ccc(C=C(P=O)c2ccc(C(F)(F)F)cc2)cc1. The van der Waals surface area contributed by atoms with Crippen molar-refractivity contribution in [3.8, 4) is 0 Å². The Labute approximate surface area is 122 Å². The molecule has 0 N–H and O–H groups in total. The minimum absolute atomic E-state index is 0.236. The quantitative estimate of drug-likeness (QED) is 0.517. The molecule has 21 heavy (non-hydrogen) atoms. The molecule has 0 atom stereocenters. The highest BCUT2D eigenvalue weighted by molar-refractivity contribution is 7.38. The molecule has 1 nitrogen and oxygen atoms in total. The molecule has 0 aliphatic heterocycles. The van der Waals surface area contributed by atoms with Crippen molar-refractivity contribution in [1.82, 2.24) is 0 Å². The van der Waals surface area contributed by atoms with E-state index in [2.05, 4.69) is 0 Å².